The number of amides is 1. The molecule has 0 saturated heterocycles. The van der Waals surface area contributed by atoms with Gasteiger partial charge in [-0.1, -0.05) is 0 Å². The fourth-order valence-corrected chi connectivity index (χ4v) is 4.25. The number of carbonyl (C=O) groups is 1. The van der Waals surface area contributed by atoms with Crippen LogP contribution in [-0.4, -0.2) is 27.7 Å². The normalized spacial score (nSPS) is 10.3. The summed E-state index contributed by atoms with van der Waals surface area (Å²) in [6, 6.07) is 0. The van der Waals surface area contributed by atoms with Crippen molar-refractivity contribution in [3.63, 3.8) is 0 Å². The number of nitrogens with zero attached hydrogens (tertiary/aromatic N) is 2. The number of hydrogen-bond acceptors (Lipinski definition) is 2. The molecule has 3 nitrogen and oxygen atoms in total. The van der Waals surface area contributed by atoms with Gasteiger partial charge in [0, 0.05) is 0 Å². The summed E-state index contributed by atoms with van der Waals surface area (Å²) in [6.45, 7) is 1.44. The molecular weight excluding hydrogens is 235 g/mol. The average Bonchev–Trinajstić information content (AvgIpc) is 1.60. The van der Waals surface area contributed by atoms with Crippen LogP contribution < -0.4 is 0 Å². The quantitative estimate of drug-likeness (QED) is 0.396. The molecule has 0 rings (SSSR count). The van der Waals surface area contributed by atoms with Gasteiger partial charge in [-0.2, -0.15) is 0 Å². The predicted octanol–water partition coefficient (Wildman–Crippen LogP) is 1.15. The van der Waals surface area contributed by atoms with Crippen molar-refractivity contribution < 1.29 is 4.79 Å². The van der Waals surface area contributed by atoms with Crippen molar-refractivity contribution in [2.24, 2.45) is 0 Å². The van der Waals surface area contributed by atoms with Crippen molar-refractivity contribution in [2.45, 2.75) is 21.7 Å². The molecule has 4 heteroatoms. The molecule has 0 aliphatic heterocycles. The van der Waals surface area contributed by atoms with E-state index < -0.39 is 18.7 Å². The van der Waals surface area contributed by atoms with E-state index in [9.17, 15) is 4.79 Å². The first-order chi connectivity index (χ1) is 4.39. The van der Waals surface area contributed by atoms with Crippen LogP contribution in [0.4, 0.5) is 0 Å². The Hall–Kier alpha value is -0.241. The monoisotopic (exact) mass is 248 g/mol. The van der Waals surface area contributed by atoms with Gasteiger partial charge in [-0.15, -0.1) is 0 Å². The van der Waals surface area contributed by atoms with Crippen LogP contribution in [0.1, 0.15) is 6.92 Å². The van der Waals surface area contributed by atoms with Gasteiger partial charge < -0.3 is 0 Å². The molecule has 0 spiro atoms. The van der Waals surface area contributed by atoms with Crippen molar-refractivity contribution in [3.05, 3.63) is 0 Å². The molecule has 0 radical (unpaired) electrons. The zero-order valence-electron chi connectivity index (χ0n) is 6.80. The molecule has 56 valence electrons. The Bertz CT molecular complexity index is 177. The Balaban J connectivity index is 4.42. The topological polar surface area (TPSA) is 44.1 Å². The molecular formula is C6H12N2OSn. The van der Waals surface area contributed by atoms with Gasteiger partial charge >= 0.3 is 65.7 Å². The van der Waals surface area contributed by atoms with Crippen LogP contribution in [-0.2, 0) is 4.79 Å². The van der Waals surface area contributed by atoms with E-state index in [-0.39, 0.29) is 5.91 Å². The molecule has 0 N–H and O–H groups in total. The Morgan fingerprint density at radius 1 is 1.50 bits per heavy atom. The fourth-order valence-electron chi connectivity index (χ4n) is 0.693. The third-order valence-electron chi connectivity index (χ3n) is 1.09. The summed E-state index contributed by atoms with van der Waals surface area (Å²) in [6.07, 6.45) is 1.92. The maximum atomic E-state index is 10.8. The van der Waals surface area contributed by atoms with Gasteiger partial charge in [-0.05, 0) is 0 Å². The van der Waals surface area contributed by atoms with Gasteiger partial charge in [0.2, 0.25) is 0 Å². The van der Waals surface area contributed by atoms with Crippen molar-refractivity contribution in [1.29, 1.82) is 5.26 Å². The zero-order chi connectivity index (χ0) is 8.36. The summed E-state index contributed by atoms with van der Waals surface area (Å²) in [5.41, 5.74) is 0. The number of nitriles is 1. The number of hydrogen-bond donors (Lipinski definition) is 0. The maximum absolute atomic E-state index is 10.8. The molecule has 0 fully saturated rings. The van der Waals surface area contributed by atoms with E-state index in [1.165, 1.54) is 10.0 Å². The first-order valence-corrected chi connectivity index (χ1v) is 12.9. The van der Waals surface area contributed by atoms with E-state index >= 15 is 0 Å². The molecule has 10 heavy (non-hydrogen) atoms. The van der Waals surface area contributed by atoms with Crippen molar-refractivity contribution in [2.75, 3.05) is 0 Å². The number of carbonyl (C=O) groups excluding carboxylic acids is 1. The predicted molar refractivity (Wildman–Crippen MR) is 41.5 cm³/mol. The molecule has 0 unspecified atom stereocenters. The molecule has 0 aromatic rings. The second-order valence-corrected chi connectivity index (χ2v) is 16.8. The molecule has 1 amide bonds. The summed E-state index contributed by atoms with van der Waals surface area (Å²) in [7, 11) is 0. The van der Waals surface area contributed by atoms with Crippen molar-refractivity contribution >= 4 is 24.6 Å². The van der Waals surface area contributed by atoms with Gasteiger partial charge in [0.05, 0.1) is 0 Å². The van der Waals surface area contributed by atoms with Gasteiger partial charge in [-0.3, -0.25) is 0 Å². The molecule has 0 aromatic carbocycles. The Labute approximate surface area is 65.9 Å². The van der Waals surface area contributed by atoms with Crippen LogP contribution in [0.2, 0.25) is 14.8 Å². The SMILES string of the molecule is CC(=O)[N](C#N)[Sn]([CH3])([CH3])[CH3]. The van der Waals surface area contributed by atoms with E-state index in [1.807, 2.05) is 21.0 Å². The summed E-state index contributed by atoms with van der Waals surface area (Å²) in [5.74, 6) is -0.120. The summed E-state index contributed by atoms with van der Waals surface area (Å²) < 4.78 is 1.36. The van der Waals surface area contributed by atoms with Gasteiger partial charge in [0.1, 0.15) is 0 Å². The van der Waals surface area contributed by atoms with E-state index in [0.29, 0.717) is 0 Å². The van der Waals surface area contributed by atoms with Crippen molar-refractivity contribution in [3.8, 4) is 6.19 Å². The van der Waals surface area contributed by atoms with Crippen LogP contribution in [0, 0.1) is 11.5 Å². The summed E-state index contributed by atoms with van der Waals surface area (Å²) in [4.78, 5) is 16.9. The minimum atomic E-state index is -2.41. The molecule has 0 heterocycles. The second kappa shape index (κ2) is 3.24. The summed E-state index contributed by atoms with van der Waals surface area (Å²) >= 11 is -2.41. The minimum absolute atomic E-state index is 0.120. The zero-order valence-corrected chi connectivity index (χ0v) is 9.66. The number of rotatable bonds is 1. The van der Waals surface area contributed by atoms with Gasteiger partial charge in [-0.25, -0.2) is 0 Å². The van der Waals surface area contributed by atoms with E-state index in [1.54, 1.807) is 0 Å². The van der Waals surface area contributed by atoms with Gasteiger partial charge in [0.15, 0.2) is 0 Å². The average molecular weight is 247 g/mol. The standard InChI is InChI=1S/C3H4N2O.3CH3.Sn/c1-3(6)5-2-4;;;;/h1H3,(H,5,6);3*1H3;/q;;;;+1/p-1. The summed E-state index contributed by atoms with van der Waals surface area (Å²) in [5, 5.41) is 8.54. The molecule has 0 aromatic heterocycles. The molecule has 0 aliphatic carbocycles. The third-order valence-corrected chi connectivity index (χ3v) is 6.10. The van der Waals surface area contributed by atoms with Crippen LogP contribution >= 0.6 is 0 Å². The van der Waals surface area contributed by atoms with Crippen LogP contribution in [0.3, 0.4) is 0 Å². The first-order valence-electron chi connectivity index (χ1n) is 3.10. The molecule has 0 atom stereocenters. The van der Waals surface area contributed by atoms with Gasteiger partial charge in [0.25, 0.3) is 0 Å². The Morgan fingerprint density at radius 3 is 1.90 bits per heavy atom. The second-order valence-electron chi connectivity index (χ2n) is 3.13. The van der Waals surface area contributed by atoms with E-state index in [4.69, 9.17) is 5.26 Å². The third kappa shape index (κ3) is 2.56. The van der Waals surface area contributed by atoms with Crippen molar-refractivity contribution in [1.82, 2.24) is 3.12 Å². The molecule has 0 bridgehead atoms. The Morgan fingerprint density at radius 2 is 1.90 bits per heavy atom. The Kier molecular flexibility index (Phi) is 3.16. The van der Waals surface area contributed by atoms with Crippen LogP contribution in [0.25, 0.3) is 0 Å². The van der Waals surface area contributed by atoms with Crippen LogP contribution in [0.15, 0.2) is 0 Å². The van der Waals surface area contributed by atoms with Crippen LogP contribution in [0.5, 0.6) is 0 Å². The van der Waals surface area contributed by atoms with E-state index in [0.717, 1.165) is 0 Å². The van der Waals surface area contributed by atoms with E-state index in [2.05, 4.69) is 0 Å². The molecule has 0 saturated carbocycles. The fraction of sp³-hybridized carbons (Fsp3) is 0.667. The molecule has 0 aliphatic rings. The first kappa shape index (κ1) is 9.76.